The fourth-order valence-corrected chi connectivity index (χ4v) is 3.59. The van der Waals surface area contributed by atoms with Gasteiger partial charge in [0, 0.05) is 28.4 Å². The Morgan fingerprint density at radius 3 is 2.91 bits per heavy atom. The smallest absolute Gasteiger partial charge is 0.326 e. The Morgan fingerprint density at radius 1 is 1.27 bits per heavy atom. The molecular formula is C17H18N2O2S. The van der Waals surface area contributed by atoms with Gasteiger partial charge in [0.05, 0.1) is 12.8 Å². The van der Waals surface area contributed by atoms with Gasteiger partial charge in [-0.25, -0.2) is 4.79 Å². The van der Waals surface area contributed by atoms with Crippen LogP contribution in [0.3, 0.4) is 0 Å². The Kier molecular flexibility index (Phi) is 4.24. The first-order chi connectivity index (χ1) is 10.7. The molecule has 1 atom stereocenters. The van der Waals surface area contributed by atoms with E-state index in [9.17, 15) is 4.79 Å². The number of hydrogen-bond donors (Lipinski definition) is 1. The number of rotatable bonds is 2. The van der Waals surface area contributed by atoms with Crippen molar-refractivity contribution in [2.24, 2.45) is 0 Å². The van der Waals surface area contributed by atoms with E-state index in [1.807, 2.05) is 42.5 Å². The van der Waals surface area contributed by atoms with Gasteiger partial charge in [-0.2, -0.15) is 0 Å². The molecule has 0 aliphatic carbocycles. The maximum absolute atomic E-state index is 12.6. The fraction of sp³-hybridized carbons (Fsp3) is 0.235. The van der Waals surface area contributed by atoms with Crippen LogP contribution in [0, 0.1) is 0 Å². The van der Waals surface area contributed by atoms with Gasteiger partial charge in [-0.15, -0.1) is 11.8 Å². The molecule has 0 radical (unpaired) electrons. The number of methoxy groups -OCH3 is 1. The minimum Gasteiger partial charge on any atom is -0.497 e. The molecule has 2 aromatic carbocycles. The van der Waals surface area contributed by atoms with Crippen molar-refractivity contribution < 1.29 is 9.53 Å². The van der Waals surface area contributed by atoms with E-state index >= 15 is 0 Å². The molecule has 114 valence electrons. The van der Waals surface area contributed by atoms with Gasteiger partial charge in [-0.05, 0) is 24.3 Å². The number of carbonyl (C=O) groups excluding carboxylic acids is 1. The molecule has 1 aliphatic rings. The standard InChI is InChI=1S/C17H18N2O2S/c1-12-11-19(15-8-3-4-9-16(15)22-12)17(20)18-13-6-5-7-14(10-13)21-2/h3-10,12H,11H2,1-2H3,(H,18,20). The summed E-state index contributed by atoms with van der Waals surface area (Å²) in [5.74, 6) is 0.723. The van der Waals surface area contributed by atoms with Gasteiger partial charge < -0.3 is 10.1 Å². The van der Waals surface area contributed by atoms with E-state index in [-0.39, 0.29) is 6.03 Å². The molecule has 0 spiro atoms. The molecule has 1 heterocycles. The van der Waals surface area contributed by atoms with Crippen LogP contribution in [0.1, 0.15) is 6.92 Å². The van der Waals surface area contributed by atoms with Crippen LogP contribution >= 0.6 is 11.8 Å². The van der Waals surface area contributed by atoms with Crippen LogP contribution in [0.5, 0.6) is 5.75 Å². The second-order valence-corrected chi connectivity index (χ2v) is 6.65. The summed E-state index contributed by atoms with van der Waals surface area (Å²) in [5.41, 5.74) is 1.69. The van der Waals surface area contributed by atoms with E-state index in [1.165, 1.54) is 0 Å². The Labute approximate surface area is 134 Å². The van der Waals surface area contributed by atoms with Crippen molar-refractivity contribution in [3.8, 4) is 5.75 Å². The first-order valence-corrected chi connectivity index (χ1v) is 8.03. The van der Waals surface area contributed by atoms with Crippen molar-refractivity contribution in [1.29, 1.82) is 0 Å². The van der Waals surface area contributed by atoms with E-state index < -0.39 is 0 Å². The topological polar surface area (TPSA) is 41.6 Å². The second kappa shape index (κ2) is 6.32. The van der Waals surface area contributed by atoms with E-state index in [1.54, 1.807) is 23.8 Å². The van der Waals surface area contributed by atoms with Gasteiger partial charge in [0.25, 0.3) is 0 Å². The average molecular weight is 314 g/mol. The minimum atomic E-state index is -0.118. The molecule has 0 saturated carbocycles. The summed E-state index contributed by atoms with van der Waals surface area (Å²) in [6.45, 7) is 2.82. The van der Waals surface area contributed by atoms with Crippen molar-refractivity contribution in [2.75, 3.05) is 23.9 Å². The third-order valence-electron chi connectivity index (χ3n) is 3.49. The average Bonchev–Trinajstić information content (AvgIpc) is 2.54. The molecule has 1 unspecified atom stereocenters. The van der Waals surface area contributed by atoms with Crippen LogP contribution in [0.25, 0.3) is 0 Å². The molecule has 3 rings (SSSR count). The molecule has 2 amide bonds. The lowest BCUT2D eigenvalue weighted by atomic mass is 10.2. The lowest BCUT2D eigenvalue weighted by Crippen LogP contribution is -2.41. The van der Waals surface area contributed by atoms with Crippen LogP contribution in [0.4, 0.5) is 16.2 Å². The fourth-order valence-electron chi connectivity index (χ4n) is 2.47. The zero-order chi connectivity index (χ0) is 15.5. The highest BCUT2D eigenvalue weighted by Gasteiger charge is 2.26. The third-order valence-corrected chi connectivity index (χ3v) is 4.64. The Balaban J connectivity index is 1.83. The number of anilines is 2. The number of nitrogens with one attached hydrogen (secondary N) is 1. The number of amides is 2. The van der Waals surface area contributed by atoms with E-state index in [2.05, 4.69) is 18.3 Å². The molecular weight excluding hydrogens is 296 g/mol. The van der Waals surface area contributed by atoms with Crippen molar-refractivity contribution in [3.05, 3.63) is 48.5 Å². The van der Waals surface area contributed by atoms with E-state index in [0.717, 1.165) is 22.0 Å². The SMILES string of the molecule is COc1cccc(NC(=O)N2CC(C)Sc3ccccc32)c1. The van der Waals surface area contributed by atoms with Gasteiger partial charge in [0.15, 0.2) is 0 Å². The molecule has 0 fully saturated rings. The number of ether oxygens (including phenoxy) is 1. The van der Waals surface area contributed by atoms with Crippen LogP contribution in [0.15, 0.2) is 53.4 Å². The number of fused-ring (bicyclic) bond motifs is 1. The largest absolute Gasteiger partial charge is 0.497 e. The Bertz CT molecular complexity index is 690. The van der Waals surface area contributed by atoms with Gasteiger partial charge in [0.2, 0.25) is 0 Å². The number of nitrogens with zero attached hydrogens (tertiary/aromatic N) is 1. The zero-order valence-electron chi connectivity index (χ0n) is 12.6. The highest BCUT2D eigenvalue weighted by Crippen LogP contribution is 2.38. The Hall–Kier alpha value is -2.14. The summed E-state index contributed by atoms with van der Waals surface area (Å²) in [6, 6.07) is 15.3. The summed E-state index contributed by atoms with van der Waals surface area (Å²) < 4.78 is 5.19. The van der Waals surface area contributed by atoms with Crippen LogP contribution in [0.2, 0.25) is 0 Å². The maximum Gasteiger partial charge on any atom is 0.326 e. The summed E-state index contributed by atoms with van der Waals surface area (Å²) in [4.78, 5) is 15.6. The summed E-state index contributed by atoms with van der Waals surface area (Å²) in [5, 5.41) is 3.31. The number of thioether (sulfide) groups is 1. The number of benzene rings is 2. The summed E-state index contributed by atoms with van der Waals surface area (Å²) in [7, 11) is 1.61. The molecule has 0 bridgehead atoms. The first-order valence-electron chi connectivity index (χ1n) is 7.15. The van der Waals surface area contributed by atoms with Crippen LogP contribution < -0.4 is 15.0 Å². The molecule has 5 heteroatoms. The maximum atomic E-state index is 12.6. The quantitative estimate of drug-likeness (QED) is 0.902. The highest BCUT2D eigenvalue weighted by atomic mass is 32.2. The molecule has 1 N–H and O–H groups in total. The van der Waals surface area contributed by atoms with Crippen molar-refractivity contribution in [2.45, 2.75) is 17.1 Å². The van der Waals surface area contributed by atoms with E-state index in [4.69, 9.17) is 4.74 Å². The third kappa shape index (κ3) is 3.04. The first kappa shape index (κ1) is 14.8. The van der Waals surface area contributed by atoms with Crippen LogP contribution in [-0.4, -0.2) is 24.9 Å². The lowest BCUT2D eigenvalue weighted by Gasteiger charge is -2.32. The number of hydrogen-bond acceptors (Lipinski definition) is 3. The van der Waals surface area contributed by atoms with Crippen molar-refractivity contribution in [1.82, 2.24) is 0 Å². The number of carbonyl (C=O) groups is 1. The molecule has 2 aromatic rings. The molecule has 0 aromatic heterocycles. The molecule has 22 heavy (non-hydrogen) atoms. The van der Waals surface area contributed by atoms with Gasteiger partial charge in [-0.1, -0.05) is 25.1 Å². The van der Waals surface area contributed by atoms with Gasteiger partial charge >= 0.3 is 6.03 Å². The number of para-hydroxylation sites is 1. The number of urea groups is 1. The van der Waals surface area contributed by atoms with E-state index in [0.29, 0.717) is 11.8 Å². The molecule has 4 nitrogen and oxygen atoms in total. The minimum absolute atomic E-state index is 0.118. The Morgan fingerprint density at radius 2 is 2.09 bits per heavy atom. The lowest BCUT2D eigenvalue weighted by molar-refractivity contribution is 0.256. The zero-order valence-corrected chi connectivity index (χ0v) is 13.4. The molecule has 1 aliphatic heterocycles. The molecule has 0 saturated heterocycles. The van der Waals surface area contributed by atoms with Crippen LogP contribution in [-0.2, 0) is 0 Å². The normalized spacial score (nSPS) is 16.8. The predicted octanol–water partition coefficient (Wildman–Crippen LogP) is 4.23. The van der Waals surface area contributed by atoms with Crippen molar-refractivity contribution in [3.63, 3.8) is 0 Å². The predicted molar refractivity (Wildman–Crippen MR) is 91.1 cm³/mol. The second-order valence-electron chi connectivity index (χ2n) is 5.17. The highest BCUT2D eigenvalue weighted by molar-refractivity contribution is 8.00. The van der Waals surface area contributed by atoms with Gasteiger partial charge in [0.1, 0.15) is 5.75 Å². The summed E-state index contributed by atoms with van der Waals surface area (Å²) in [6.07, 6.45) is 0. The van der Waals surface area contributed by atoms with Crippen molar-refractivity contribution >= 4 is 29.2 Å². The van der Waals surface area contributed by atoms with Gasteiger partial charge in [-0.3, -0.25) is 4.90 Å². The monoisotopic (exact) mass is 314 g/mol. The summed E-state index contributed by atoms with van der Waals surface area (Å²) >= 11 is 1.80.